The smallest absolute Gasteiger partial charge is 0.328 e. The van der Waals surface area contributed by atoms with Gasteiger partial charge in [-0.1, -0.05) is 15.9 Å². The van der Waals surface area contributed by atoms with Crippen molar-refractivity contribution in [2.24, 2.45) is 0 Å². The van der Waals surface area contributed by atoms with E-state index < -0.39 is 10.9 Å². The molecule has 1 N–H and O–H groups in total. The molecule has 0 saturated heterocycles. The van der Waals surface area contributed by atoms with E-state index in [1.165, 1.54) is 19.2 Å². The van der Waals surface area contributed by atoms with E-state index >= 15 is 0 Å². The molecule has 0 heterocycles. The second-order valence-corrected chi connectivity index (χ2v) is 3.89. The Morgan fingerprint density at radius 1 is 1.59 bits per heavy atom. The first kappa shape index (κ1) is 13.2. The van der Waals surface area contributed by atoms with Crippen molar-refractivity contribution in [2.75, 3.05) is 7.11 Å². The highest BCUT2D eigenvalue weighted by Crippen LogP contribution is 2.35. The van der Waals surface area contributed by atoms with Crippen molar-refractivity contribution in [2.45, 2.75) is 0 Å². The van der Waals surface area contributed by atoms with Gasteiger partial charge in [-0.15, -0.1) is 0 Å². The van der Waals surface area contributed by atoms with Gasteiger partial charge in [-0.2, -0.15) is 0 Å². The minimum Gasteiger partial charge on any atom is -0.490 e. The van der Waals surface area contributed by atoms with Crippen molar-refractivity contribution in [3.63, 3.8) is 0 Å². The zero-order valence-electron chi connectivity index (χ0n) is 8.71. The Balaban J connectivity index is 3.40. The van der Waals surface area contributed by atoms with Gasteiger partial charge in [-0.3, -0.25) is 10.1 Å². The predicted octanol–water partition coefficient (Wildman–Crippen LogP) is 2.46. The molecule has 0 saturated carbocycles. The molecule has 0 aliphatic carbocycles. The minimum atomic E-state index is -1.18. The van der Waals surface area contributed by atoms with Crippen LogP contribution in [0.1, 0.15) is 5.56 Å². The maximum absolute atomic E-state index is 10.9. The second-order valence-electron chi connectivity index (χ2n) is 2.97. The Morgan fingerprint density at radius 3 is 2.71 bits per heavy atom. The van der Waals surface area contributed by atoms with Crippen LogP contribution < -0.4 is 4.74 Å². The zero-order valence-corrected chi connectivity index (χ0v) is 10.3. The number of carboxylic acid groups (broad SMARTS) is 1. The molecule has 90 valence electrons. The van der Waals surface area contributed by atoms with Crippen LogP contribution >= 0.6 is 15.9 Å². The molecule has 0 unspecified atom stereocenters. The molecular weight excluding hydrogens is 294 g/mol. The van der Waals surface area contributed by atoms with E-state index in [4.69, 9.17) is 9.84 Å². The number of nitro benzene ring substituents is 1. The first-order valence-corrected chi connectivity index (χ1v) is 5.18. The monoisotopic (exact) mass is 301 g/mol. The number of ether oxygens (including phenoxy) is 1. The maximum Gasteiger partial charge on any atom is 0.328 e. The number of rotatable bonds is 4. The molecule has 0 aliphatic rings. The fourth-order valence-corrected chi connectivity index (χ4v) is 1.69. The molecule has 0 atom stereocenters. The topological polar surface area (TPSA) is 89.7 Å². The van der Waals surface area contributed by atoms with E-state index in [1.54, 1.807) is 0 Å². The summed E-state index contributed by atoms with van der Waals surface area (Å²) in [4.78, 5) is 20.7. The lowest BCUT2D eigenvalue weighted by Crippen LogP contribution is -1.97. The summed E-state index contributed by atoms with van der Waals surface area (Å²) < 4.78 is 5.44. The number of hydrogen-bond donors (Lipinski definition) is 1. The number of aliphatic carboxylic acids is 1. The molecule has 1 aromatic carbocycles. The summed E-state index contributed by atoms with van der Waals surface area (Å²) in [6.45, 7) is 0. The van der Waals surface area contributed by atoms with Crippen LogP contribution in [-0.2, 0) is 4.79 Å². The third-order valence-electron chi connectivity index (χ3n) is 1.88. The van der Waals surface area contributed by atoms with Gasteiger partial charge < -0.3 is 9.84 Å². The summed E-state index contributed by atoms with van der Waals surface area (Å²) in [6.07, 6.45) is 1.97. The average Bonchev–Trinajstić information content (AvgIpc) is 2.24. The van der Waals surface area contributed by atoms with Crippen molar-refractivity contribution in [3.8, 4) is 5.75 Å². The summed E-state index contributed by atoms with van der Waals surface area (Å²) in [5, 5.41) is 19.4. The fraction of sp³-hybridized carbons (Fsp3) is 0.100. The van der Waals surface area contributed by atoms with Crippen molar-refractivity contribution in [1.82, 2.24) is 0 Å². The molecule has 1 rings (SSSR count). The van der Waals surface area contributed by atoms with Crippen LogP contribution in [0.2, 0.25) is 0 Å². The Morgan fingerprint density at radius 2 is 2.24 bits per heavy atom. The zero-order chi connectivity index (χ0) is 13.0. The second kappa shape index (κ2) is 5.44. The molecular formula is C10H8BrNO5. The molecule has 6 nitrogen and oxygen atoms in total. The first-order chi connectivity index (χ1) is 7.95. The molecule has 0 fully saturated rings. The largest absolute Gasteiger partial charge is 0.490 e. The number of carboxylic acids is 1. The lowest BCUT2D eigenvalue weighted by Gasteiger charge is -2.05. The van der Waals surface area contributed by atoms with Crippen molar-refractivity contribution < 1.29 is 19.6 Å². The average molecular weight is 302 g/mol. The van der Waals surface area contributed by atoms with Crippen LogP contribution in [0.15, 0.2) is 22.7 Å². The highest BCUT2D eigenvalue weighted by atomic mass is 79.9. The molecule has 0 radical (unpaired) electrons. The number of nitrogens with zero attached hydrogens (tertiary/aromatic N) is 1. The summed E-state index contributed by atoms with van der Waals surface area (Å²) in [5.41, 5.74) is -0.114. The van der Waals surface area contributed by atoms with Crippen molar-refractivity contribution >= 4 is 33.7 Å². The van der Waals surface area contributed by atoms with Crippen LogP contribution in [0, 0.1) is 10.1 Å². The molecule has 0 spiro atoms. The van der Waals surface area contributed by atoms with Gasteiger partial charge in [0.1, 0.15) is 0 Å². The Kier molecular flexibility index (Phi) is 4.22. The van der Waals surface area contributed by atoms with Crippen LogP contribution in [0.25, 0.3) is 6.08 Å². The molecule has 0 aromatic heterocycles. The van der Waals surface area contributed by atoms with Gasteiger partial charge in [0.25, 0.3) is 0 Å². The third-order valence-corrected chi connectivity index (χ3v) is 2.33. The third kappa shape index (κ3) is 3.28. The van der Waals surface area contributed by atoms with Gasteiger partial charge in [-0.25, -0.2) is 4.79 Å². The van der Waals surface area contributed by atoms with Crippen molar-refractivity contribution in [1.29, 1.82) is 0 Å². The van der Waals surface area contributed by atoms with Crippen LogP contribution in [0.5, 0.6) is 5.75 Å². The van der Waals surface area contributed by atoms with Gasteiger partial charge in [0, 0.05) is 16.6 Å². The normalized spacial score (nSPS) is 10.5. The predicted molar refractivity (Wildman–Crippen MR) is 64.0 cm³/mol. The number of hydrogen-bond acceptors (Lipinski definition) is 4. The van der Waals surface area contributed by atoms with E-state index in [2.05, 4.69) is 15.9 Å². The fourth-order valence-electron chi connectivity index (χ4n) is 1.23. The Bertz CT molecular complexity index is 498. The number of carbonyl (C=O) groups is 1. The lowest BCUT2D eigenvalue weighted by atomic mass is 10.1. The van der Waals surface area contributed by atoms with Crippen LogP contribution in [-0.4, -0.2) is 23.1 Å². The van der Waals surface area contributed by atoms with E-state index in [1.807, 2.05) is 0 Å². The van der Waals surface area contributed by atoms with Crippen molar-refractivity contribution in [3.05, 3.63) is 38.4 Å². The van der Waals surface area contributed by atoms with Gasteiger partial charge in [0.05, 0.1) is 17.6 Å². The summed E-state index contributed by atoms with van der Waals surface area (Å²) in [7, 11) is 1.31. The van der Waals surface area contributed by atoms with Gasteiger partial charge in [0.2, 0.25) is 0 Å². The Hall–Kier alpha value is -1.89. The quantitative estimate of drug-likeness (QED) is 0.524. The number of benzene rings is 1. The number of halogens is 1. The number of methoxy groups -OCH3 is 1. The highest BCUT2D eigenvalue weighted by Gasteiger charge is 2.20. The SMILES string of the molecule is COc1cc(Br)cc(/C=C/C(=O)O)c1[N+](=O)[O-]. The highest BCUT2D eigenvalue weighted by molar-refractivity contribution is 9.10. The molecule has 1 aromatic rings. The molecule has 0 bridgehead atoms. The van der Waals surface area contributed by atoms with E-state index in [-0.39, 0.29) is 17.0 Å². The minimum absolute atomic E-state index is 0.0643. The van der Waals surface area contributed by atoms with Crippen LogP contribution in [0.3, 0.4) is 0 Å². The van der Waals surface area contributed by atoms with Gasteiger partial charge in [-0.05, 0) is 12.1 Å². The van der Waals surface area contributed by atoms with E-state index in [0.717, 1.165) is 12.2 Å². The Labute approximate surface area is 105 Å². The summed E-state index contributed by atoms with van der Waals surface area (Å²) >= 11 is 3.16. The molecule has 17 heavy (non-hydrogen) atoms. The molecule has 0 amide bonds. The van der Waals surface area contributed by atoms with Gasteiger partial charge >= 0.3 is 11.7 Å². The summed E-state index contributed by atoms with van der Waals surface area (Å²) in [6, 6.07) is 2.89. The first-order valence-electron chi connectivity index (χ1n) is 4.38. The lowest BCUT2D eigenvalue weighted by molar-refractivity contribution is -0.386. The summed E-state index contributed by atoms with van der Waals surface area (Å²) in [5.74, 6) is -1.12. The standard InChI is InChI=1S/C10H8BrNO5/c1-17-8-5-7(11)4-6(2-3-9(13)14)10(8)12(15)16/h2-5H,1H3,(H,13,14)/b3-2+. The van der Waals surface area contributed by atoms with Gasteiger partial charge in [0.15, 0.2) is 5.75 Å². The molecule has 7 heteroatoms. The number of nitro groups is 1. The van der Waals surface area contributed by atoms with E-state index in [9.17, 15) is 14.9 Å². The van der Waals surface area contributed by atoms with E-state index in [0.29, 0.717) is 4.47 Å². The van der Waals surface area contributed by atoms with Crippen LogP contribution in [0.4, 0.5) is 5.69 Å². The maximum atomic E-state index is 10.9. The molecule has 0 aliphatic heterocycles.